The molecule has 5 amide bonds. The van der Waals surface area contributed by atoms with Gasteiger partial charge in [0.1, 0.15) is 17.1 Å². The van der Waals surface area contributed by atoms with Gasteiger partial charge in [-0.3, -0.25) is 29.8 Å². The van der Waals surface area contributed by atoms with Crippen LogP contribution >= 0.6 is 0 Å². The summed E-state index contributed by atoms with van der Waals surface area (Å²) in [6.07, 6.45) is 1.24. The van der Waals surface area contributed by atoms with Crippen molar-refractivity contribution in [1.29, 1.82) is 0 Å². The fourth-order valence-electron chi connectivity index (χ4n) is 3.36. The van der Waals surface area contributed by atoms with Gasteiger partial charge in [-0.25, -0.2) is 14.1 Å². The number of nitro benzene ring substituents is 1. The van der Waals surface area contributed by atoms with Gasteiger partial charge in [0, 0.05) is 12.1 Å². The van der Waals surface area contributed by atoms with Crippen LogP contribution in [0, 0.1) is 15.9 Å². The van der Waals surface area contributed by atoms with Crippen LogP contribution in [0.2, 0.25) is 0 Å². The van der Waals surface area contributed by atoms with Crippen LogP contribution in [-0.4, -0.2) is 35.3 Å². The SMILES string of the molecule is O=C(COc1ccc(/C=C2/C(=O)NC(=O)N(c3cccc([N+](=O)[O-])c3)C2=O)cc1)Nc1ccccc1F. The second kappa shape index (κ2) is 10.5. The molecule has 186 valence electrons. The Morgan fingerprint density at radius 1 is 1.05 bits per heavy atom. The Morgan fingerprint density at radius 2 is 1.78 bits per heavy atom. The van der Waals surface area contributed by atoms with E-state index in [9.17, 15) is 33.7 Å². The molecular formula is C25H17FN4O7. The van der Waals surface area contributed by atoms with Crippen molar-refractivity contribution in [2.75, 3.05) is 16.8 Å². The lowest BCUT2D eigenvalue weighted by Crippen LogP contribution is -2.54. The van der Waals surface area contributed by atoms with E-state index < -0.39 is 41.1 Å². The molecule has 1 aliphatic rings. The Kier molecular flexibility index (Phi) is 7.00. The fourth-order valence-corrected chi connectivity index (χ4v) is 3.36. The number of para-hydroxylation sites is 1. The molecule has 0 saturated carbocycles. The molecule has 12 heteroatoms. The van der Waals surface area contributed by atoms with Crippen LogP contribution in [0.1, 0.15) is 5.56 Å². The minimum atomic E-state index is -1.04. The van der Waals surface area contributed by atoms with Gasteiger partial charge in [-0.2, -0.15) is 0 Å². The number of nitrogens with one attached hydrogen (secondary N) is 2. The molecule has 0 radical (unpaired) electrons. The molecule has 0 unspecified atom stereocenters. The molecule has 37 heavy (non-hydrogen) atoms. The lowest BCUT2D eigenvalue weighted by atomic mass is 10.1. The number of halogens is 1. The van der Waals surface area contributed by atoms with E-state index in [1.165, 1.54) is 66.7 Å². The summed E-state index contributed by atoms with van der Waals surface area (Å²) in [7, 11) is 0. The summed E-state index contributed by atoms with van der Waals surface area (Å²) in [5.41, 5.74) is -0.364. The second-order valence-corrected chi connectivity index (χ2v) is 7.62. The summed E-state index contributed by atoms with van der Waals surface area (Å²) in [5.74, 6) is -2.76. The molecule has 0 atom stereocenters. The molecule has 11 nitrogen and oxygen atoms in total. The molecule has 0 bridgehead atoms. The third kappa shape index (κ3) is 5.65. The van der Waals surface area contributed by atoms with Gasteiger partial charge >= 0.3 is 6.03 Å². The molecule has 0 aromatic heterocycles. The van der Waals surface area contributed by atoms with Gasteiger partial charge in [-0.1, -0.05) is 30.3 Å². The molecule has 1 fully saturated rings. The molecule has 1 aliphatic heterocycles. The average molecular weight is 504 g/mol. The second-order valence-electron chi connectivity index (χ2n) is 7.62. The Bertz CT molecular complexity index is 1450. The Hall–Kier alpha value is -5.39. The number of nitrogens with zero attached hydrogens (tertiary/aromatic N) is 2. The number of benzene rings is 3. The maximum absolute atomic E-state index is 13.6. The lowest BCUT2D eigenvalue weighted by Gasteiger charge is -2.26. The number of rotatable bonds is 7. The zero-order valence-electron chi connectivity index (χ0n) is 18.8. The molecular weight excluding hydrogens is 487 g/mol. The number of carbonyl (C=O) groups excluding carboxylic acids is 4. The van der Waals surface area contributed by atoms with Crippen LogP contribution in [0.25, 0.3) is 6.08 Å². The number of urea groups is 1. The highest BCUT2D eigenvalue weighted by molar-refractivity contribution is 6.39. The molecule has 4 rings (SSSR count). The highest BCUT2D eigenvalue weighted by Crippen LogP contribution is 2.26. The number of carbonyl (C=O) groups is 4. The molecule has 0 spiro atoms. The van der Waals surface area contributed by atoms with Crippen LogP contribution in [0.15, 0.2) is 78.4 Å². The first kappa shape index (κ1) is 24.7. The Labute approximate surface area is 208 Å². The van der Waals surface area contributed by atoms with Gasteiger partial charge in [0.2, 0.25) is 0 Å². The van der Waals surface area contributed by atoms with Crippen LogP contribution in [-0.2, 0) is 14.4 Å². The van der Waals surface area contributed by atoms with Gasteiger partial charge in [0.25, 0.3) is 23.4 Å². The topological polar surface area (TPSA) is 148 Å². The molecule has 3 aromatic carbocycles. The minimum Gasteiger partial charge on any atom is -0.484 e. The van der Waals surface area contributed by atoms with Crippen molar-refractivity contribution < 1.29 is 33.2 Å². The summed E-state index contributed by atoms with van der Waals surface area (Å²) in [5, 5.41) is 15.5. The van der Waals surface area contributed by atoms with Crippen molar-refractivity contribution in [1.82, 2.24) is 5.32 Å². The molecule has 0 aliphatic carbocycles. The fraction of sp³-hybridized carbons (Fsp3) is 0.0400. The summed E-state index contributed by atoms with van der Waals surface area (Å²) in [4.78, 5) is 60.6. The zero-order chi connectivity index (χ0) is 26.5. The van der Waals surface area contributed by atoms with Gasteiger partial charge in [0.15, 0.2) is 6.61 Å². The van der Waals surface area contributed by atoms with Gasteiger partial charge in [-0.15, -0.1) is 0 Å². The lowest BCUT2D eigenvalue weighted by molar-refractivity contribution is -0.384. The van der Waals surface area contributed by atoms with Crippen molar-refractivity contribution >= 4 is 46.9 Å². The number of non-ortho nitro benzene ring substituents is 1. The maximum atomic E-state index is 13.6. The van der Waals surface area contributed by atoms with E-state index in [0.717, 1.165) is 6.07 Å². The van der Waals surface area contributed by atoms with E-state index in [0.29, 0.717) is 16.2 Å². The number of ether oxygens (including phenoxy) is 1. The van der Waals surface area contributed by atoms with Crippen molar-refractivity contribution in [3.8, 4) is 5.75 Å². The van der Waals surface area contributed by atoms with Crippen LogP contribution in [0.4, 0.5) is 26.2 Å². The zero-order valence-corrected chi connectivity index (χ0v) is 18.8. The number of hydrogen-bond donors (Lipinski definition) is 2. The van der Waals surface area contributed by atoms with E-state index >= 15 is 0 Å². The van der Waals surface area contributed by atoms with E-state index in [1.807, 2.05) is 5.32 Å². The third-order valence-corrected chi connectivity index (χ3v) is 5.11. The first-order chi connectivity index (χ1) is 17.7. The van der Waals surface area contributed by atoms with Crippen LogP contribution < -0.4 is 20.3 Å². The minimum absolute atomic E-state index is 0.0196. The van der Waals surface area contributed by atoms with E-state index in [2.05, 4.69) is 5.32 Å². The summed E-state index contributed by atoms with van der Waals surface area (Å²) in [6, 6.07) is 15.5. The maximum Gasteiger partial charge on any atom is 0.335 e. The van der Waals surface area contributed by atoms with Gasteiger partial charge in [0.05, 0.1) is 16.3 Å². The van der Waals surface area contributed by atoms with Crippen molar-refractivity contribution in [3.05, 3.63) is 99.9 Å². The number of nitro groups is 1. The first-order valence-corrected chi connectivity index (χ1v) is 10.7. The number of anilines is 2. The average Bonchev–Trinajstić information content (AvgIpc) is 2.87. The monoisotopic (exact) mass is 504 g/mol. The van der Waals surface area contributed by atoms with Gasteiger partial charge in [-0.05, 0) is 42.0 Å². The van der Waals surface area contributed by atoms with Crippen molar-refractivity contribution in [2.24, 2.45) is 0 Å². The normalized spacial score (nSPS) is 14.4. The quantitative estimate of drug-likeness (QED) is 0.217. The largest absolute Gasteiger partial charge is 0.484 e. The van der Waals surface area contributed by atoms with E-state index in [-0.39, 0.29) is 22.6 Å². The molecule has 1 heterocycles. The van der Waals surface area contributed by atoms with E-state index in [1.54, 1.807) is 6.07 Å². The smallest absolute Gasteiger partial charge is 0.335 e. The highest BCUT2D eigenvalue weighted by Gasteiger charge is 2.37. The highest BCUT2D eigenvalue weighted by atomic mass is 19.1. The van der Waals surface area contributed by atoms with Gasteiger partial charge < -0.3 is 10.1 Å². The van der Waals surface area contributed by atoms with Crippen molar-refractivity contribution in [2.45, 2.75) is 0 Å². The predicted octanol–water partition coefficient (Wildman–Crippen LogP) is 3.42. The first-order valence-electron chi connectivity index (χ1n) is 10.7. The van der Waals surface area contributed by atoms with Crippen LogP contribution in [0.5, 0.6) is 5.75 Å². The number of barbiturate groups is 1. The number of hydrogen-bond acceptors (Lipinski definition) is 7. The number of imide groups is 2. The summed E-state index contributed by atoms with van der Waals surface area (Å²) in [6.45, 7) is -0.393. The Balaban J connectivity index is 1.46. The standard InChI is InChI=1S/C25H17FN4O7/c26-20-6-1-2-7-21(20)27-22(31)14-37-18-10-8-15(9-11-18)12-19-23(32)28-25(34)29(24(19)33)16-4-3-5-17(13-16)30(35)36/h1-13H,14H2,(H,27,31)(H,28,32,34)/b19-12-. The molecule has 2 N–H and O–H groups in total. The Morgan fingerprint density at radius 3 is 2.49 bits per heavy atom. The summed E-state index contributed by atoms with van der Waals surface area (Å²) < 4.78 is 19.0. The molecule has 1 saturated heterocycles. The van der Waals surface area contributed by atoms with E-state index in [4.69, 9.17) is 4.74 Å². The van der Waals surface area contributed by atoms with Crippen LogP contribution in [0.3, 0.4) is 0 Å². The predicted molar refractivity (Wildman–Crippen MR) is 129 cm³/mol. The van der Waals surface area contributed by atoms with Crippen molar-refractivity contribution in [3.63, 3.8) is 0 Å². The molecule has 3 aromatic rings. The number of amides is 5. The third-order valence-electron chi connectivity index (χ3n) is 5.11. The summed E-state index contributed by atoms with van der Waals surface area (Å²) >= 11 is 0.